The molecule has 184 valence electrons. The highest BCUT2D eigenvalue weighted by Gasteiger charge is 2.71. The Morgan fingerprint density at radius 3 is 2.09 bits per heavy atom. The molecule has 5 aliphatic rings. The van der Waals surface area contributed by atoms with Crippen LogP contribution in [-0.2, 0) is 0 Å². The number of fused-ring (bicyclic) bond motifs is 7. The molecule has 2 N–H and O–H groups in total. The van der Waals surface area contributed by atoms with Crippen molar-refractivity contribution in [1.29, 1.82) is 0 Å². The molecule has 0 saturated heterocycles. The molecule has 2 nitrogen and oxygen atoms in total. The zero-order valence-electron chi connectivity index (χ0n) is 22.4. The van der Waals surface area contributed by atoms with Crippen LogP contribution in [0.4, 0.5) is 0 Å². The van der Waals surface area contributed by atoms with Crippen molar-refractivity contribution < 1.29 is 10.2 Å². The number of aliphatic hydroxyl groups excluding tert-OH is 2. The molecule has 0 aromatic heterocycles. The smallest absolute Gasteiger partial charge is 0.0595 e. The summed E-state index contributed by atoms with van der Waals surface area (Å²) in [5.41, 5.74) is 0.998. The molecule has 0 heterocycles. The van der Waals surface area contributed by atoms with Gasteiger partial charge in [0, 0.05) is 0 Å². The molecule has 0 aromatic carbocycles. The van der Waals surface area contributed by atoms with E-state index in [4.69, 9.17) is 0 Å². The van der Waals surface area contributed by atoms with E-state index in [9.17, 15) is 10.2 Å². The first-order valence-electron chi connectivity index (χ1n) is 14.1. The first-order chi connectivity index (χ1) is 14.7. The summed E-state index contributed by atoms with van der Waals surface area (Å²) in [5, 5.41) is 22.7. The first kappa shape index (κ1) is 23.7. The summed E-state index contributed by atoms with van der Waals surface area (Å²) < 4.78 is 0. The summed E-state index contributed by atoms with van der Waals surface area (Å²) in [6, 6.07) is 0. The fourth-order valence-electron chi connectivity index (χ4n) is 11.9. The maximum absolute atomic E-state index is 11.8. The molecule has 0 spiro atoms. The van der Waals surface area contributed by atoms with E-state index in [1.807, 2.05) is 0 Å². The molecule has 0 radical (unpaired) electrons. The lowest BCUT2D eigenvalue weighted by atomic mass is 9.32. The second-order valence-corrected chi connectivity index (χ2v) is 15.3. The van der Waals surface area contributed by atoms with Crippen molar-refractivity contribution >= 4 is 0 Å². The van der Waals surface area contributed by atoms with E-state index in [1.54, 1.807) is 0 Å². The van der Waals surface area contributed by atoms with Crippen LogP contribution in [0.25, 0.3) is 0 Å². The topological polar surface area (TPSA) is 40.5 Å². The Balaban J connectivity index is 1.57. The summed E-state index contributed by atoms with van der Waals surface area (Å²) in [6.45, 7) is 19.8. The predicted molar refractivity (Wildman–Crippen MR) is 132 cm³/mol. The van der Waals surface area contributed by atoms with Gasteiger partial charge in [0.05, 0.1) is 12.2 Å². The van der Waals surface area contributed by atoms with E-state index >= 15 is 0 Å². The van der Waals surface area contributed by atoms with Crippen LogP contribution in [0.15, 0.2) is 0 Å². The van der Waals surface area contributed by atoms with Crippen molar-refractivity contribution in [3.05, 3.63) is 0 Å². The van der Waals surface area contributed by atoms with Crippen molar-refractivity contribution in [3.63, 3.8) is 0 Å². The summed E-state index contributed by atoms with van der Waals surface area (Å²) in [4.78, 5) is 0. The van der Waals surface area contributed by atoms with E-state index < -0.39 is 0 Å². The molecule has 0 aromatic rings. The lowest BCUT2D eigenvalue weighted by molar-refractivity contribution is -0.275. The van der Waals surface area contributed by atoms with E-state index in [1.165, 1.54) is 38.5 Å². The molecular weight excluding hydrogens is 392 g/mol. The second kappa shape index (κ2) is 6.99. The highest BCUT2D eigenvalue weighted by molar-refractivity contribution is 5.20. The Kier molecular flexibility index (Phi) is 5.17. The molecule has 5 rings (SSSR count). The molecular formula is C30H52O2. The van der Waals surface area contributed by atoms with Crippen molar-refractivity contribution in [2.24, 2.45) is 62.6 Å². The maximum Gasteiger partial charge on any atom is 0.0595 e. The van der Waals surface area contributed by atoms with Gasteiger partial charge in [-0.1, -0.05) is 55.4 Å². The Hall–Kier alpha value is -0.0800. The number of aliphatic hydroxyl groups is 2. The minimum atomic E-state index is -0.292. The Bertz CT molecular complexity index is 758. The van der Waals surface area contributed by atoms with Crippen molar-refractivity contribution in [3.8, 4) is 0 Å². The van der Waals surface area contributed by atoms with Gasteiger partial charge in [0.2, 0.25) is 0 Å². The molecule has 0 bridgehead atoms. The fraction of sp³-hybridized carbons (Fsp3) is 1.00. The largest absolute Gasteiger partial charge is 0.393 e. The van der Waals surface area contributed by atoms with Gasteiger partial charge in [-0.25, -0.2) is 0 Å². The molecule has 2 unspecified atom stereocenters. The average Bonchev–Trinajstić information content (AvgIpc) is 3.03. The van der Waals surface area contributed by atoms with Crippen molar-refractivity contribution in [2.75, 3.05) is 0 Å². The lowest BCUT2D eigenvalue weighted by Gasteiger charge is -2.73. The van der Waals surface area contributed by atoms with Gasteiger partial charge in [-0.05, 0) is 120 Å². The van der Waals surface area contributed by atoms with Gasteiger partial charge < -0.3 is 10.2 Å². The Morgan fingerprint density at radius 1 is 0.750 bits per heavy atom. The normalized spacial score (nSPS) is 59.2. The van der Waals surface area contributed by atoms with Crippen LogP contribution in [0.5, 0.6) is 0 Å². The SMILES string of the molecule is CC(C)[C@@H]1CC[C@]2(C)CC[C@]3(C)[C@H](CC[C@@H]4[C@@]5(C)CCC(O)C(C)(C)[C@@H]5C(O)C[C@]43C)[C@@H]12. The minimum absolute atomic E-state index is 0.136. The van der Waals surface area contributed by atoms with Crippen molar-refractivity contribution in [1.82, 2.24) is 0 Å². The van der Waals surface area contributed by atoms with Gasteiger partial charge in [0.15, 0.2) is 0 Å². The molecule has 5 aliphatic carbocycles. The van der Waals surface area contributed by atoms with Gasteiger partial charge in [0.1, 0.15) is 0 Å². The molecule has 32 heavy (non-hydrogen) atoms. The Morgan fingerprint density at radius 2 is 1.44 bits per heavy atom. The maximum atomic E-state index is 11.8. The van der Waals surface area contributed by atoms with Crippen LogP contribution in [0.2, 0.25) is 0 Å². The highest BCUT2D eigenvalue weighted by atomic mass is 16.3. The van der Waals surface area contributed by atoms with E-state index in [0.717, 1.165) is 42.9 Å². The van der Waals surface area contributed by atoms with Crippen LogP contribution in [-0.4, -0.2) is 22.4 Å². The van der Waals surface area contributed by atoms with Crippen LogP contribution >= 0.6 is 0 Å². The van der Waals surface area contributed by atoms with Gasteiger partial charge in [-0.2, -0.15) is 0 Å². The highest BCUT2D eigenvalue weighted by Crippen LogP contribution is 2.77. The standard InChI is InChI=1S/C30H52O2/c1-18(2)19-11-13-27(5)15-16-29(7)20(24(19)27)9-10-22-28(6)14-12-23(32)26(3,4)25(28)21(31)17-30(22,29)8/h18-25,31-32H,9-17H2,1-8H3/t19-,20+,21?,22+,23?,24+,25-,27+,28+,29+,30+/m0/s1. The zero-order chi connectivity index (χ0) is 23.5. The van der Waals surface area contributed by atoms with Crippen LogP contribution in [0.1, 0.15) is 113 Å². The third-order valence-electron chi connectivity index (χ3n) is 13.6. The average molecular weight is 445 g/mol. The second-order valence-electron chi connectivity index (χ2n) is 15.3. The molecule has 0 amide bonds. The zero-order valence-corrected chi connectivity index (χ0v) is 22.4. The molecule has 11 atom stereocenters. The third-order valence-corrected chi connectivity index (χ3v) is 13.6. The van der Waals surface area contributed by atoms with Gasteiger partial charge in [-0.15, -0.1) is 0 Å². The molecule has 0 aliphatic heterocycles. The predicted octanol–water partition coefficient (Wildman–Crippen LogP) is 7.08. The van der Waals surface area contributed by atoms with Gasteiger partial charge in [-0.3, -0.25) is 0 Å². The van der Waals surface area contributed by atoms with Gasteiger partial charge in [0.25, 0.3) is 0 Å². The summed E-state index contributed by atoms with van der Waals surface area (Å²) in [7, 11) is 0. The molecule has 5 fully saturated rings. The quantitative estimate of drug-likeness (QED) is 0.454. The summed E-state index contributed by atoms with van der Waals surface area (Å²) >= 11 is 0. The minimum Gasteiger partial charge on any atom is -0.393 e. The summed E-state index contributed by atoms with van der Waals surface area (Å²) in [5.74, 6) is 4.22. The molecule has 5 saturated carbocycles. The van der Waals surface area contributed by atoms with Crippen molar-refractivity contribution in [2.45, 2.75) is 125 Å². The lowest BCUT2D eigenvalue weighted by Crippen LogP contribution is -2.69. The third kappa shape index (κ3) is 2.72. The first-order valence-corrected chi connectivity index (χ1v) is 14.1. The monoisotopic (exact) mass is 444 g/mol. The number of rotatable bonds is 1. The van der Waals surface area contributed by atoms with Crippen LogP contribution < -0.4 is 0 Å². The van der Waals surface area contributed by atoms with Crippen LogP contribution in [0.3, 0.4) is 0 Å². The van der Waals surface area contributed by atoms with E-state index in [0.29, 0.717) is 16.7 Å². The molecule has 2 heteroatoms. The summed E-state index contributed by atoms with van der Waals surface area (Å²) in [6.07, 6.45) is 10.7. The van der Waals surface area contributed by atoms with Crippen LogP contribution in [0, 0.1) is 62.6 Å². The number of hydrogen-bond donors (Lipinski definition) is 2. The fourth-order valence-corrected chi connectivity index (χ4v) is 11.9. The van der Waals surface area contributed by atoms with Gasteiger partial charge >= 0.3 is 0 Å². The number of hydrogen-bond acceptors (Lipinski definition) is 2. The van der Waals surface area contributed by atoms with E-state index in [-0.39, 0.29) is 34.4 Å². The van der Waals surface area contributed by atoms with E-state index in [2.05, 4.69) is 55.4 Å². The Labute approximate surface area is 198 Å².